The van der Waals surface area contributed by atoms with Crippen LogP contribution in [-0.2, 0) is 22.2 Å². The van der Waals surface area contributed by atoms with Gasteiger partial charge in [-0.25, -0.2) is 4.98 Å². The van der Waals surface area contributed by atoms with E-state index in [0.29, 0.717) is 42.2 Å². The highest BCUT2D eigenvalue weighted by Gasteiger charge is 2.30. The number of alkyl halides is 3. The molecule has 144 valence electrons. The first kappa shape index (κ1) is 19.3. The lowest BCUT2D eigenvalue weighted by molar-refractivity contribution is -0.137. The molecule has 1 aliphatic heterocycles. The minimum atomic E-state index is -4.37. The molecule has 0 aliphatic carbocycles. The lowest BCUT2D eigenvalue weighted by atomic mass is 9.96. The molecule has 0 bridgehead atoms. The van der Waals surface area contributed by atoms with Crippen LogP contribution in [-0.4, -0.2) is 34.8 Å². The molecule has 2 aromatic rings. The Hall–Kier alpha value is -2.42. The van der Waals surface area contributed by atoms with Crippen molar-refractivity contribution in [3.63, 3.8) is 0 Å². The number of nitrogens with two attached hydrogens (primary N) is 1. The summed E-state index contributed by atoms with van der Waals surface area (Å²) in [5.41, 5.74) is 5.74. The Morgan fingerprint density at radius 2 is 1.81 bits per heavy atom. The second-order valence-corrected chi connectivity index (χ2v) is 7.31. The fourth-order valence-corrected chi connectivity index (χ4v) is 3.83. The van der Waals surface area contributed by atoms with Crippen molar-refractivity contribution in [2.75, 3.05) is 13.1 Å². The van der Waals surface area contributed by atoms with Gasteiger partial charge in [0.2, 0.25) is 11.8 Å². The maximum Gasteiger partial charge on any atom is 0.416 e. The Morgan fingerprint density at radius 1 is 1.19 bits per heavy atom. The van der Waals surface area contributed by atoms with E-state index >= 15 is 0 Å². The molecule has 1 aromatic heterocycles. The summed E-state index contributed by atoms with van der Waals surface area (Å²) < 4.78 is 37.9. The van der Waals surface area contributed by atoms with Crippen LogP contribution >= 0.6 is 11.3 Å². The van der Waals surface area contributed by atoms with Gasteiger partial charge < -0.3 is 10.6 Å². The summed E-state index contributed by atoms with van der Waals surface area (Å²) in [6.45, 7) is 0.977. The standard InChI is InChI=1S/C18H18F3N3O2S/c19-18(20,21)13-3-1-12(2-4-13)17-23-14(10-27-17)9-15(25)24-7-5-11(6-8-24)16(22)26/h1-4,10-11H,5-9H2,(H2,22,26). The third-order valence-corrected chi connectivity index (χ3v) is 5.53. The van der Waals surface area contributed by atoms with Crippen LogP contribution in [0.2, 0.25) is 0 Å². The van der Waals surface area contributed by atoms with E-state index in [0.717, 1.165) is 12.1 Å². The molecule has 5 nitrogen and oxygen atoms in total. The highest BCUT2D eigenvalue weighted by Crippen LogP contribution is 2.32. The molecule has 2 amide bonds. The number of thiazole rings is 1. The number of piperidine rings is 1. The molecular weight excluding hydrogens is 379 g/mol. The monoisotopic (exact) mass is 397 g/mol. The first-order valence-corrected chi connectivity index (χ1v) is 9.31. The lowest BCUT2D eigenvalue weighted by Crippen LogP contribution is -2.42. The Labute approximate surface area is 158 Å². The van der Waals surface area contributed by atoms with Crippen LogP contribution < -0.4 is 5.73 Å². The van der Waals surface area contributed by atoms with Gasteiger partial charge in [0, 0.05) is 30.0 Å². The zero-order valence-electron chi connectivity index (χ0n) is 14.3. The third-order valence-electron chi connectivity index (χ3n) is 4.59. The molecule has 3 rings (SSSR count). The van der Waals surface area contributed by atoms with Gasteiger partial charge in [0.1, 0.15) is 5.01 Å². The number of hydrogen-bond donors (Lipinski definition) is 1. The number of carbonyl (C=O) groups excluding carboxylic acids is 2. The van der Waals surface area contributed by atoms with Crippen molar-refractivity contribution in [2.24, 2.45) is 11.7 Å². The van der Waals surface area contributed by atoms with Crippen molar-refractivity contribution in [3.05, 3.63) is 40.9 Å². The molecule has 1 aliphatic rings. The average molecular weight is 397 g/mol. The Balaban J connectivity index is 1.61. The molecule has 2 heterocycles. The molecule has 1 saturated heterocycles. The predicted molar refractivity (Wildman–Crippen MR) is 94.8 cm³/mol. The molecule has 27 heavy (non-hydrogen) atoms. The Kier molecular flexibility index (Phi) is 5.50. The summed E-state index contributed by atoms with van der Waals surface area (Å²) in [6, 6.07) is 4.79. The smallest absolute Gasteiger partial charge is 0.369 e. The lowest BCUT2D eigenvalue weighted by Gasteiger charge is -2.30. The van der Waals surface area contributed by atoms with E-state index in [1.165, 1.54) is 23.5 Å². The van der Waals surface area contributed by atoms with E-state index in [4.69, 9.17) is 5.73 Å². The summed E-state index contributed by atoms with van der Waals surface area (Å²) in [4.78, 5) is 29.6. The number of carbonyl (C=O) groups is 2. The highest BCUT2D eigenvalue weighted by atomic mass is 32.1. The molecule has 0 spiro atoms. The van der Waals surface area contributed by atoms with Gasteiger partial charge in [-0.15, -0.1) is 11.3 Å². The van der Waals surface area contributed by atoms with Crippen LogP contribution in [0.15, 0.2) is 29.6 Å². The fraction of sp³-hybridized carbons (Fsp3) is 0.389. The van der Waals surface area contributed by atoms with Crippen molar-refractivity contribution in [1.29, 1.82) is 0 Å². The van der Waals surface area contributed by atoms with Gasteiger partial charge in [0.25, 0.3) is 0 Å². The largest absolute Gasteiger partial charge is 0.416 e. The van der Waals surface area contributed by atoms with Gasteiger partial charge in [-0.3, -0.25) is 9.59 Å². The molecule has 0 atom stereocenters. The van der Waals surface area contributed by atoms with E-state index in [1.54, 1.807) is 10.3 Å². The molecule has 1 fully saturated rings. The zero-order valence-corrected chi connectivity index (χ0v) is 15.1. The molecule has 0 saturated carbocycles. The molecule has 0 radical (unpaired) electrons. The van der Waals surface area contributed by atoms with Crippen LogP contribution in [0, 0.1) is 5.92 Å². The van der Waals surface area contributed by atoms with Crippen molar-refractivity contribution < 1.29 is 22.8 Å². The zero-order chi connectivity index (χ0) is 19.6. The number of primary amides is 1. The number of hydrogen-bond acceptors (Lipinski definition) is 4. The van der Waals surface area contributed by atoms with E-state index in [-0.39, 0.29) is 24.2 Å². The molecule has 0 unspecified atom stereocenters. The van der Waals surface area contributed by atoms with E-state index in [9.17, 15) is 22.8 Å². The minimum absolute atomic E-state index is 0.0813. The summed E-state index contributed by atoms with van der Waals surface area (Å²) >= 11 is 1.28. The molecule has 2 N–H and O–H groups in total. The SMILES string of the molecule is NC(=O)C1CCN(C(=O)Cc2csc(-c3ccc(C(F)(F)F)cc3)n2)CC1. The number of halogens is 3. The van der Waals surface area contributed by atoms with Crippen LogP contribution in [0.25, 0.3) is 10.6 Å². The van der Waals surface area contributed by atoms with Gasteiger partial charge in [-0.2, -0.15) is 13.2 Å². The summed E-state index contributed by atoms with van der Waals surface area (Å²) in [5, 5.41) is 2.31. The molecule has 9 heteroatoms. The Morgan fingerprint density at radius 3 is 2.37 bits per heavy atom. The average Bonchev–Trinajstić information content (AvgIpc) is 3.09. The van der Waals surface area contributed by atoms with Crippen molar-refractivity contribution in [1.82, 2.24) is 9.88 Å². The molecular formula is C18H18F3N3O2S. The maximum absolute atomic E-state index is 12.6. The van der Waals surface area contributed by atoms with Gasteiger partial charge in [-0.1, -0.05) is 12.1 Å². The minimum Gasteiger partial charge on any atom is -0.369 e. The number of benzene rings is 1. The number of amides is 2. The first-order chi connectivity index (χ1) is 12.7. The highest BCUT2D eigenvalue weighted by molar-refractivity contribution is 7.13. The van der Waals surface area contributed by atoms with Crippen molar-refractivity contribution >= 4 is 23.2 Å². The third kappa shape index (κ3) is 4.65. The van der Waals surface area contributed by atoms with Crippen LogP contribution in [0.5, 0.6) is 0 Å². The van der Waals surface area contributed by atoms with Gasteiger partial charge >= 0.3 is 6.18 Å². The second-order valence-electron chi connectivity index (χ2n) is 6.45. The van der Waals surface area contributed by atoms with Crippen molar-refractivity contribution in [2.45, 2.75) is 25.4 Å². The number of aromatic nitrogens is 1. The number of nitrogens with zero attached hydrogens (tertiary/aromatic N) is 2. The first-order valence-electron chi connectivity index (χ1n) is 8.43. The summed E-state index contributed by atoms with van der Waals surface area (Å²) in [5.74, 6) is -0.593. The van der Waals surface area contributed by atoms with Gasteiger partial charge in [0.05, 0.1) is 17.7 Å². The normalized spacial score (nSPS) is 15.7. The second kappa shape index (κ2) is 7.67. The summed E-state index contributed by atoms with van der Waals surface area (Å²) in [7, 11) is 0. The van der Waals surface area contributed by atoms with Crippen molar-refractivity contribution in [3.8, 4) is 10.6 Å². The number of rotatable bonds is 4. The topological polar surface area (TPSA) is 76.3 Å². The molecule has 1 aromatic carbocycles. The van der Waals surface area contributed by atoms with Crippen LogP contribution in [0.4, 0.5) is 13.2 Å². The van der Waals surface area contributed by atoms with Crippen LogP contribution in [0.3, 0.4) is 0 Å². The number of likely N-dealkylation sites (tertiary alicyclic amines) is 1. The Bertz CT molecular complexity index is 825. The fourth-order valence-electron chi connectivity index (χ4n) is 3.00. The maximum atomic E-state index is 12.6. The van der Waals surface area contributed by atoms with Gasteiger partial charge in [-0.05, 0) is 25.0 Å². The van der Waals surface area contributed by atoms with E-state index in [1.807, 2.05) is 0 Å². The predicted octanol–water partition coefficient (Wildman–Crippen LogP) is 3.10. The van der Waals surface area contributed by atoms with Crippen LogP contribution in [0.1, 0.15) is 24.1 Å². The quantitative estimate of drug-likeness (QED) is 0.861. The van der Waals surface area contributed by atoms with Gasteiger partial charge in [0.15, 0.2) is 0 Å². The van der Waals surface area contributed by atoms with E-state index < -0.39 is 11.7 Å². The van der Waals surface area contributed by atoms with E-state index in [2.05, 4.69) is 4.98 Å². The summed E-state index contributed by atoms with van der Waals surface area (Å²) in [6.07, 6.45) is -3.12.